The van der Waals surface area contributed by atoms with E-state index in [4.69, 9.17) is 16.7 Å². The number of hydrogen-bond donors (Lipinski definition) is 1. The molecule has 0 aliphatic rings. The molecule has 70 valence electrons. The Hall–Kier alpha value is -1.29. The summed E-state index contributed by atoms with van der Waals surface area (Å²) < 4.78 is 1.26. The van der Waals surface area contributed by atoms with Crippen molar-refractivity contribution in [3.8, 4) is 0 Å². The van der Waals surface area contributed by atoms with Gasteiger partial charge in [0.15, 0.2) is 0 Å². The zero-order valence-electron chi connectivity index (χ0n) is 6.68. The summed E-state index contributed by atoms with van der Waals surface area (Å²) in [7, 11) is 0. The topological polar surface area (TPSA) is 59.3 Å². The summed E-state index contributed by atoms with van der Waals surface area (Å²) in [5.74, 6) is -1.13. The van der Waals surface area contributed by atoms with Gasteiger partial charge in [0.2, 0.25) is 0 Å². The number of hydrogen-bond acceptors (Lipinski definition) is 2. The second-order valence-corrected chi connectivity index (χ2v) is 3.02. The minimum atomic E-state index is -1.13. The molecule has 4 nitrogen and oxygen atoms in total. The molecule has 1 aromatic rings. The van der Waals surface area contributed by atoms with Crippen LogP contribution in [0, 0.1) is 0 Å². The maximum Gasteiger partial charge on any atom is 0.323 e. The molecule has 5 heteroatoms. The first-order chi connectivity index (χ1) is 6.11. The lowest BCUT2D eigenvalue weighted by Crippen LogP contribution is -2.27. The highest BCUT2D eigenvalue weighted by Gasteiger charge is 2.13. The molecule has 0 fully saturated rings. The fourth-order valence-corrected chi connectivity index (χ4v) is 1.01. The lowest BCUT2D eigenvalue weighted by atomic mass is 10.4. The van der Waals surface area contributed by atoms with E-state index in [1.807, 2.05) is 0 Å². The van der Waals surface area contributed by atoms with Gasteiger partial charge in [0.25, 0.3) is 5.56 Å². The van der Waals surface area contributed by atoms with Crippen molar-refractivity contribution < 1.29 is 9.90 Å². The van der Waals surface area contributed by atoms with Crippen molar-refractivity contribution in [2.45, 2.75) is 11.9 Å². The summed E-state index contributed by atoms with van der Waals surface area (Å²) in [6.45, 7) is -0.0173. The van der Waals surface area contributed by atoms with E-state index in [1.165, 1.54) is 16.8 Å². The van der Waals surface area contributed by atoms with Gasteiger partial charge < -0.3 is 9.67 Å². The van der Waals surface area contributed by atoms with Crippen LogP contribution in [0.25, 0.3) is 0 Å². The Balaban J connectivity index is 2.81. The molecule has 13 heavy (non-hydrogen) atoms. The molecule has 1 aromatic heterocycles. The molecule has 0 amide bonds. The number of carboxylic acid groups (broad SMARTS) is 1. The molecule has 0 aromatic carbocycles. The molecule has 0 saturated heterocycles. The first-order valence-electron chi connectivity index (χ1n) is 3.63. The van der Waals surface area contributed by atoms with Gasteiger partial charge in [-0.05, 0) is 6.07 Å². The SMILES string of the molecule is O=C(O)C(Cl)Cn1ccccc1=O. The predicted molar refractivity (Wildman–Crippen MR) is 48.0 cm³/mol. The summed E-state index contributed by atoms with van der Waals surface area (Å²) >= 11 is 5.46. The molecule has 1 rings (SSSR count). The van der Waals surface area contributed by atoms with Crippen LogP contribution in [0.1, 0.15) is 0 Å². The number of carboxylic acids is 1. The number of aliphatic carboxylic acids is 1. The highest BCUT2D eigenvalue weighted by atomic mass is 35.5. The third kappa shape index (κ3) is 2.59. The van der Waals surface area contributed by atoms with Crippen molar-refractivity contribution in [3.05, 3.63) is 34.7 Å². The Morgan fingerprint density at radius 1 is 1.62 bits per heavy atom. The molecule has 1 N–H and O–H groups in total. The maximum atomic E-state index is 11.1. The molecule has 1 unspecified atom stereocenters. The van der Waals surface area contributed by atoms with E-state index in [1.54, 1.807) is 12.1 Å². The summed E-state index contributed by atoms with van der Waals surface area (Å²) in [4.78, 5) is 21.5. The fraction of sp³-hybridized carbons (Fsp3) is 0.250. The van der Waals surface area contributed by atoms with E-state index >= 15 is 0 Å². The largest absolute Gasteiger partial charge is 0.480 e. The van der Waals surface area contributed by atoms with Gasteiger partial charge in [0.1, 0.15) is 5.38 Å². The molecule has 0 aliphatic carbocycles. The first-order valence-corrected chi connectivity index (χ1v) is 4.07. The lowest BCUT2D eigenvalue weighted by molar-refractivity contribution is -0.136. The highest BCUT2D eigenvalue weighted by Crippen LogP contribution is 1.98. The number of pyridine rings is 1. The zero-order valence-corrected chi connectivity index (χ0v) is 7.44. The Bertz CT molecular complexity index is 360. The average Bonchev–Trinajstić information content (AvgIpc) is 2.08. The van der Waals surface area contributed by atoms with Gasteiger partial charge in [-0.15, -0.1) is 11.6 Å². The number of halogens is 1. The quantitative estimate of drug-likeness (QED) is 0.727. The number of alkyl halides is 1. The van der Waals surface area contributed by atoms with Crippen molar-refractivity contribution in [1.82, 2.24) is 4.57 Å². The minimum absolute atomic E-state index is 0.0173. The smallest absolute Gasteiger partial charge is 0.323 e. The monoisotopic (exact) mass is 201 g/mol. The highest BCUT2D eigenvalue weighted by molar-refractivity contribution is 6.29. The van der Waals surface area contributed by atoms with Crippen LogP contribution in [0.15, 0.2) is 29.2 Å². The Labute approximate surface area is 79.4 Å². The van der Waals surface area contributed by atoms with E-state index in [2.05, 4.69) is 0 Å². The summed E-state index contributed by atoms with van der Waals surface area (Å²) in [6, 6.07) is 4.58. The van der Waals surface area contributed by atoms with Crippen molar-refractivity contribution in [3.63, 3.8) is 0 Å². The average molecular weight is 202 g/mol. The van der Waals surface area contributed by atoms with Gasteiger partial charge in [-0.2, -0.15) is 0 Å². The van der Waals surface area contributed by atoms with Crippen LogP contribution in [0.4, 0.5) is 0 Å². The number of rotatable bonds is 3. The summed E-state index contributed by atoms with van der Waals surface area (Å²) in [5, 5.41) is 7.42. The third-order valence-electron chi connectivity index (χ3n) is 1.52. The molecule has 0 aliphatic heterocycles. The van der Waals surface area contributed by atoms with E-state index < -0.39 is 11.3 Å². The third-order valence-corrected chi connectivity index (χ3v) is 1.85. The Kier molecular flexibility index (Phi) is 3.08. The number of nitrogens with zero attached hydrogens (tertiary/aromatic N) is 1. The summed E-state index contributed by atoms with van der Waals surface area (Å²) in [5.41, 5.74) is -0.255. The van der Waals surface area contributed by atoms with Crippen LogP contribution in [0.2, 0.25) is 0 Å². The van der Waals surface area contributed by atoms with E-state index in [0.717, 1.165) is 0 Å². The molecule has 0 bridgehead atoms. The maximum absolute atomic E-state index is 11.1. The van der Waals surface area contributed by atoms with Crippen LogP contribution in [0.3, 0.4) is 0 Å². The van der Waals surface area contributed by atoms with E-state index in [-0.39, 0.29) is 12.1 Å². The molecule has 0 spiro atoms. The second kappa shape index (κ2) is 4.09. The number of aromatic nitrogens is 1. The van der Waals surface area contributed by atoms with E-state index in [9.17, 15) is 9.59 Å². The van der Waals surface area contributed by atoms with Crippen molar-refractivity contribution in [1.29, 1.82) is 0 Å². The lowest BCUT2D eigenvalue weighted by Gasteiger charge is -2.06. The van der Waals surface area contributed by atoms with Gasteiger partial charge in [-0.25, -0.2) is 0 Å². The van der Waals surface area contributed by atoms with Crippen molar-refractivity contribution in [2.75, 3.05) is 0 Å². The fourth-order valence-electron chi connectivity index (χ4n) is 0.862. The first kappa shape index (κ1) is 9.80. The van der Waals surface area contributed by atoms with Gasteiger partial charge in [0, 0.05) is 12.3 Å². The molecule has 0 radical (unpaired) electrons. The molecule has 0 saturated carbocycles. The van der Waals surface area contributed by atoms with Crippen LogP contribution in [-0.4, -0.2) is 21.0 Å². The van der Waals surface area contributed by atoms with Crippen LogP contribution < -0.4 is 5.56 Å². The van der Waals surface area contributed by atoms with E-state index in [0.29, 0.717) is 0 Å². The predicted octanol–water partition coefficient (Wildman–Crippen LogP) is 0.540. The molecular weight excluding hydrogens is 194 g/mol. The Morgan fingerprint density at radius 3 is 2.85 bits per heavy atom. The van der Waals surface area contributed by atoms with Crippen LogP contribution in [0.5, 0.6) is 0 Å². The van der Waals surface area contributed by atoms with Gasteiger partial charge in [0.05, 0.1) is 6.54 Å². The van der Waals surface area contributed by atoms with Gasteiger partial charge in [-0.3, -0.25) is 9.59 Å². The summed E-state index contributed by atoms with van der Waals surface area (Å²) in [6.07, 6.45) is 1.50. The molecule has 1 atom stereocenters. The van der Waals surface area contributed by atoms with Crippen molar-refractivity contribution in [2.24, 2.45) is 0 Å². The minimum Gasteiger partial charge on any atom is -0.480 e. The van der Waals surface area contributed by atoms with Crippen molar-refractivity contribution >= 4 is 17.6 Å². The molecule has 1 heterocycles. The zero-order chi connectivity index (χ0) is 9.84. The molecular formula is C8H8ClNO3. The van der Waals surface area contributed by atoms with Crippen LogP contribution in [-0.2, 0) is 11.3 Å². The van der Waals surface area contributed by atoms with Crippen LogP contribution >= 0.6 is 11.6 Å². The second-order valence-electron chi connectivity index (χ2n) is 2.50. The standard InChI is InChI=1S/C8H8ClNO3/c9-6(8(12)13)5-10-4-2-1-3-7(10)11/h1-4,6H,5H2,(H,12,13). The normalized spacial score (nSPS) is 12.4. The van der Waals surface area contributed by atoms with Gasteiger partial charge >= 0.3 is 5.97 Å². The number of carbonyl (C=O) groups is 1. The van der Waals surface area contributed by atoms with Gasteiger partial charge in [-0.1, -0.05) is 6.07 Å². The Morgan fingerprint density at radius 2 is 2.31 bits per heavy atom.